The Kier molecular flexibility index (Phi) is 4.91. The third-order valence-electron chi connectivity index (χ3n) is 4.00. The van der Waals surface area contributed by atoms with E-state index in [-0.39, 0.29) is 12.6 Å². The summed E-state index contributed by atoms with van der Waals surface area (Å²) in [6, 6.07) is 7.52. The molecule has 1 heterocycles. The molecule has 0 radical (unpaired) electrons. The highest BCUT2D eigenvalue weighted by Gasteiger charge is 2.22. The first kappa shape index (κ1) is 15.0. The van der Waals surface area contributed by atoms with E-state index in [1.807, 2.05) is 30.5 Å². The molecule has 1 unspecified atom stereocenters. The Hall–Kier alpha value is -0.940. The Bertz CT molecular complexity index is 580. The van der Waals surface area contributed by atoms with Crippen LogP contribution in [0.2, 0.25) is 5.02 Å². The molecule has 1 atom stereocenters. The second-order valence-corrected chi connectivity index (χ2v) is 7.04. The third-order valence-corrected chi connectivity index (χ3v) is 5.42. The van der Waals surface area contributed by atoms with Crippen molar-refractivity contribution in [2.45, 2.75) is 37.8 Å². The number of rotatable bonds is 6. The van der Waals surface area contributed by atoms with Crippen molar-refractivity contribution < 1.29 is 5.11 Å². The van der Waals surface area contributed by atoms with Gasteiger partial charge in [-0.05, 0) is 30.5 Å². The van der Waals surface area contributed by atoms with Crippen molar-refractivity contribution in [2.75, 3.05) is 6.61 Å². The molecule has 1 aliphatic carbocycles. The zero-order chi connectivity index (χ0) is 14.7. The minimum absolute atomic E-state index is 0.0654. The summed E-state index contributed by atoms with van der Waals surface area (Å²) in [6.45, 7) is 0.800. The van der Waals surface area contributed by atoms with Crippen molar-refractivity contribution in [3.05, 3.63) is 50.9 Å². The van der Waals surface area contributed by atoms with E-state index in [1.54, 1.807) is 11.3 Å². The lowest BCUT2D eigenvalue weighted by atomic mass is 9.86. The van der Waals surface area contributed by atoms with E-state index in [9.17, 15) is 5.11 Å². The van der Waals surface area contributed by atoms with Crippen molar-refractivity contribution in [2.24, 2.45) is 0 Å². The molecule has 0 bridgehead atoms. The van der Waals surface area contributed by atoms with E-state index in [1.165, 1.54) is 29.1 Å². The summed E-state index contributed by atoms with van der Waals surface area (Å²) < 4.78 is 0. The number of nitrogens with one attached hydrogen (secondary N) is 1. The SMILES string of the molecule is OCC(NCc1cnc(C2CCC2)s1)c1ccc(Cl)cc1. The van der Waals surface area contributed by atoms with Crippen LogP contribution in [0.4, 0.5) is 0 Å². The first-order valence-electron chi connectivity index (χ1n) is 7.30. The molecule has 0 aliphatic heterocycles. The van der Waals surface area contributed by atoms with Crippen LogP contribution in [0.3, 0.4) is 0 Å². The van der Waals surface area contributed by atoms with E-state index in [0.717, 1.165) is 12.1 Å². The van der Waals surface area contributed by atoms with E-state index in [2.05, 4.69) is 10.3 Å². The highest BCUT2D eigenvalue weighted by molar-refractivity contribution is 7.11. The minimum atomic E-state index is -0.0727. The predicted molar refractivity (Wildman–Crippen MR) is 86.8 cm³/mol. The lowest BCUT2D eigenvalue weighted by molar-refractivity contribution is 0.244. The summed E-state index contributed by atoms with van der Waals surface area (Å²) in [5, 5.41) is 14.9. The molecule has 2 aromatic rings. The molecule has 0 spiro atoms. The van der Waals surface area contributed by atoms with E-state index < -0.39 is 0 Å². The maximum absolute atomic E-state index is 9.56. The molecule has 112 valence electrons. The van der Waals surface area contributed by atoms with E-state index in [0.29, 0.717) is 10.9 Å². The van der Waals surface area contributed by atoms with Crippen molar-refractivity contribution >= 4 is 22.9 Å². The lowest BCUT2D eigenvalue weighted by Gasteiger charge is -2.22. The predicted octanol–water partition coefficient (Wildman–Crippen LogP) is 3.89. The van der Waals surface area contributed by atoms with Crippen LogP contribution in [0.5, 0.6) is 0 Å². The molecule has 1 aromatic carbocycles. The summed E-state index contributed by atoms with van der Waals surface area (Å²) in [7, 11) is 0. The molecule has 5 heteroatoms. The number of nitrogens with zero attached hydrogens (tertiary/aromatic N) is 1. The second kappa shape index (κ2) is 6.88. The summed E-state index contributed by atoms with van der Waals surface area (Å²) in [5.41, 5.74) is 1.05. The van der Waals surface area contributed by atoms with Gasteiger partial charge in [-0.2, -0.15) is 0 Å². The molecule has 1 fully saturated rings. The van der Waals surface area contributed by atoms with Gasteiger partial charge in [-0.1, -0.05) is 30.2 Å². The number of hydrogen-bond acceptors (Lipinski definition) is 4. The van der Waals surface area contributed by atoms with E-state index >= 15 is 0 Å². The highest BCUT2D eigenvalue weighted by atomic mass is 35.5. The van der Waals surface area contributed by atoms with Crippen molar-refractivity contribution in [3.8, 4) is 0 Å². The van der Waals surface area contributed by atoms with E-state index in [4.69, 9.17) is 11.6 Å². The van der Waals surface area contributed by atoms with Gasteiger partial charge in [0.25, 0.3) is 0 Å². The number of hydrogen-bond donors (Lipinski definition) is 2. The molecular formula is C16H19ClN2OS. The van der Waals surface area contributed by atoms with Crippen molar-refractivity contribution in [1.82, 2.24) is 10.3 Å². The molecule has 2 N–H and O–H groups in total. The van der Waals surface area contributed by atoms with Crippen LogP contribution in [-0.4, -0.2) is 16.7 Å². The molecule has 0 saturated heterocycles. The molecule has 3 nitrogen and oxygen atoms in total. The third kappa shape index (κ3) is 3.64. The summed E-state index contributed by atoms with van der Waals surface area (Å²) in [5.74, 6) is 0.689. The maximum Gasteiger partial charge on any atom is 0.0959 e. The maximum atomic E-state index is 9.56. The van der Waals surface area contributed by atoms with Crippen LogP contribution in [-0.2, 0) is 6.54 Å². The van der Waals surface area contributed by atoms with Crippen LogP contribution >= 0.6 is 22.9 Å². The van der Waals surface area contributed by atoms with Crippen LogP contribution in [0.25, 0.3) is 0 Å². The standard InChI is InChI=1S/C16H19ClN2OS/c17-13-6-4-11(5-7-13)15(10-20)18-8-14-9-19-16(21-14)12-2-1-3-12/h4-7,9,12,15,18,20H,1-3,8,10H2. The largest absolute Gasteiger partial charge is 0.394 e. The van der Waals surface area contributed by atoms with Crippen LogP contribution < -0.4 is 5.32 Å². The molecular weight excluding hydrogens is 304 g/mol. The normalized spacial score (nSPS) is 16.7. The summed E-state index contributed by atoms with van der Waals surface area (Å²) in [6.07, 6.45) is 5.86. The smallest absolute Gasteiger partial charge is 0.0959 e. The average Bonchev–Trinajstić information content (AvgIpc) is 2.88. The number of aliphatic hydroxyl groups is 1. The molecule has 1 saturated carbocycles. The van der Waals surface area contributed by atoms with Gasteiger partial charge in [-0.25, -0.2) is 4.98 Å². The van der Waals surface area contributed by atoms with Crippen molar-refractivity contribution in [3.63, 3.8) is 0 Å². The van der Waals surface area contributed by atoms with Crippen LogP contribution in [0.1, 0.15) is 46.7 Å². The van der Waals surface area contributed by atoms with Gasteiger partial charge in [0.1, 0.15) is 0 Å². The number of thiazole rings is 1. The number of aliphatic hydroxyl groups excluding tert-OH is 1. The highest BCUT2D eigenvalue weighted by Crippen LogP contribution is 2.38. The van der Waals surface area contributed by atoms with Crippen molar-refractivity contribution in [1.29, 1.82) is 0 Å². The van der Waals surface area contributed by atoms with Gasteiger partial charge in [0, 0.05) is 28.6 Å². The van der Waals surface area contributed by atoms with Gasteiger partial charge < -0.3 is 10.4 Å². The number of benzene rings is 1. The van der Waals surface area contributed by atoms with Gasteiger partial charge >= 0.3 is 0 Å². The molecule has 1 aromatic heterocycles. The number of aromatic nitrogens is 1. The lowest BCUT2D eigenvalue weighted by Crippen LogP contribution is -2.23. The fourth-order valence-corrected chi connectivity index (χ4v) is 3.62. The molecule has 21 heavy (non-hydrogen) atoms. The average molecular weight is 323 g/mol. The van der Waals surface area contributed by atoms with Crippen LogP contribution in [0.15, 0.2) is 30.5 Å². The van der Waals surface area contributed by atoms with Gasteiger partial charge in [0.2, 0.25) is 0 Å². The Labute approximate surface area is 134 Å². The zero-order valence-corrected chi connectivity index (χ0v) is 13.3. The quantitative estimate of drug-likeness (QED) is 0.848. The summed E-state index contributed by atoms with van der Waals surface area (Å²) in [4.78, 5) is 5.75. The van der Waals surface area contributed by atoms with Crippen LogP contribution in [0, 0.1) is 0 Å². The summed E-state index contributed by atoms with van der Waals surface area (Å²) >= 11 is 7.69. The fourth-order valence-electron chi connectivity index (χ4n) is 2.45. The Balaban J connectivity index is 1.59. The van der Waals surface area contributed by atoms with Gasteiger partial charge in [-0.15, -0.1) is 11.3 Å². The Morgan fingerprint density at radius 2 is 2.10 bits per heavy atom. The number of halogens is 1. The molecule has 1 aliphatic rings. The van der Waals surface area contributed by atoms with Gasteiger partial charge in [0.15, 0.2) is 0 Å². The molecule has 0 amide bonds. The second-order valence-electron chi connectivity index (χ2n) is 5.46. The Morgan fingerprint density at radius 1 is 1.33 bits per heavy atom. The minimum Gasteiger partial charge on any atom is -0.394 e. The zero-order valence-electron chi connectivity index (χ0n) is 11.8. The first-order valence-corrected chi connectivity index (χ1v) is 8.50. The van der Waals surface area contributed by atoms with Gasteiger partial charge in [-0.3, -0.25) is 0 Å². The first-order chi connectivity index (χ1) is 10.3. The molecule has 3 rings (SSSR count). The fraction of sp³-hybridized carbons (Fsp3) is 0.438. The van der Waals surface area contributed by atoms with Gasteiger partial charge in [0.05, 0.1) is 17.7 Å². The Morgan fingerprint density at radius 3 is 2.71 bits per heavy atom. The monoisotopic (exact) mass is 322 g/mol. The topological polar surface area (TPSA) is 45.1 Å².